The molecule has 0 saturated heterocycles. The number of rotatable bonds is 5. The van der Waals surface area contributed by atoms with E-state index in [1.54, 1.807) is 0 Å². The lowest BCUT2D eigenvalue weighted by atomic mass is 10.3. The van der Waals surface area contributed by atoms with E-state index in [9.17, 15) is 12.8 Å². The molecule has 6 heteroatoms. The molecule has 0 saturated carbocycles. The summed E-state index contributed by atoms with van der Waals surface area (Å²) in [6.45, 7) is -0.225. The van der Waals surface area contributed by atoms with Crippen molar-refractivity contribution in [3.8, 4) is 5.75 Å². The number of hydrogen-bond acceptors (Lipinski definition) is 4. The van der Waals surface area contributed by atoms with E-state index < -0.39 is 15.7 Å². The normalized spacial score (nSPS) is 11.4. The molecule has 0 spiro atoms. The van der Waals surface area contributed by atoms with Gasteiger partial charge in [-0.25, -0.2) is 12.8 Å². The van der Waals surface area contributed by atoms with Crippen molar-refractivity contribution in [1.82, 2.24) is 0 Å². The Morgan fingerprint density at radius 1 is 1.44 bits per heavy atom. The molecule has 0 aliphatic rings. The summed E-state index contributed by atoms with van der Waals surface area (Å²) in [5.74, 6) is -0.758. The van der Waals surface area contributed by atoms with Crippen LogP contribution in [-0.2, 0) is 9.84 Å². The van der Waals surface area contributed by atoms with E-state index in [0.717, 1.165) is 12.1 Å². The molecule has 1 N–H and O–H groups in total. The zero-order valence-electron chi connectivity index (χ0n) is 8.81. The van der Waals surface area contributed by atoms with Gasteiger partial charge in [-0.1, -0.05) is 0 Å². The van der Waals surface area contributed by atoms with E-state index in [1.165, 1.54) is 13.2 Å². The van der Waals surface area contributed by atoms with Crippen LogP contribution in [0.3, 0.4) is 0 Å². The third-order valence-corrected chi connectivity index (χ3v) is 3.85. The van der Waals surface area contributed by atoms with Gasteiger partial charge in [-0.15, -0.1) is 0 Å². The first-order chi connectivity index (χ1) is 7.51. The average Bonchev–Trinajstić information content (AvgIpc) is 2.26. The zero-order chi connectivity index (χ0) is 12.2. The van der Waals surface area contributed by atoms with Crippen LogP contribution < -0.4 is 4.74 Å². The van der Waals surface area contributed by atoms with Gasteiger partial charge in [0.25, 0.3) is 0 Å². The van der Waals surface area contributed by atoms with Gasteiger partial charge >= 0.3 is 0 Å². The maximum absolute atomic E-state index is 13.0. The van der Waals surface area contributed by atoms with Crippen LogP contribution in [0.5, 0.6) is 5.75 Å². The van der Waals surface area contributed by atoms with E-state index in [0.29, 0.717) is 0 Å². The number of hydrogen-bond donors (Lipinski definition) is 1. The predicted octanol–water partition coefficient (Wildman–Crippen LogP) is 0.990. The van der Waals surface area contributed by atoms with Crippen molar-refractivity contribution >= 4 is 9.84 Å². The fourth-order valence-electron chi connectivity index (χ4n) is 1.26. The highest BCUT2D eigenvalue weighted by Gasteiger charge is 2.19. The quantitative estimate of drug-likeness (QED) is 0.844. The first-order valence-corrected chi connectivity index (χ1v) is 6.33. The molecule has 0 heterocycles. The maximum atomic E-state index is 13.0. The van der Waals surface area contributed by atoms with E-state index >= 15 is 0 Å². The molecule has 1 aromatic rings. The largest absolute Gasteiger partial charge is 0.495 e. The van der Waals surface area contributed by atoms with Crippen molar-refractivity contribution in [2.45, 2.75) is 11.3 Å². The van der Waals surface area contributed by atoms with Gasteiger partial charge in [-0.05, 0) is 24.6 Å². The molecule has 1 aromatic carbocycles. The highest BCUT2D eigenvalue weighted by molar-refractivity contribution is 7.91. The second-order valence-corrected chi connectivity index (χ2v) is 5.27. The summed E-state index contributed by atoms with van der Waals surface area (Å²) in [7, 11) is -2.29. The Balaban J connectivity index is 3.15. The van der Waals surface area contributed by atoms with E-state index in [-0.39, 0.29) is 29.4 Å². The lowest BCUT2D eigenvalue weighted by Crippen LogP contribution is -2.10. The van der Waals surface area contributed by atoms with Gasteiger partial charge in [0, 0.05) is 6.61 Å². The van der Waals surface area contributed by atoms with Crippen LogP contribution in [0.1, 0.15) is 6.42 Å². The standard InChI is InChI=1S/C10H13FO4S/c1-15-9-4-3-8(11)7-10(9)16(13,14)6-2-5-12/h3-4,7,12H,2,5-6H2,1H3. The first kappa shape index (κ1) is 12.9. The minimum Gasteiger partial charge on any atom is -0.495 e. The van der Waals surface area contributed by atoms with Gasteiger partial charge in [0.2, 0.25) is 0 Å². The number of aliphatic hydroxyl groups excluding tert-OH is 1. The van der Waals surface area contributed by atoms with Crippen LogP contribution in [0.4, 0.5) is 4.39 Å². The minimum absolute atomic E-state index is 0.110. The average molecular weight is 248 g/mol. The molecule has 0 amide bonds. The van der Waals surface area contributed by atoms with Crippen molar-refractivity contribution < 1.29 is 22.7 Å². The fraction of sp³-hybridized carbons (Fsp3) is 0.400. The lowest BCUT2D eigenvalue weighted by molar-refractivity contribution is 0.295. The van der Waals surface area contributed by atoms with Crippen LogP contribution in [0.2, 0.25) is 0 Å². The molecule has 4 nitrogen and oxygen atoms in total. The number of sulfone groups is 1. The van der Waals surface area contributed by atoms with E-state index in [2.05, 4.69) is 0 Å². The molecule has 0 aromatic heterocycles. The number of aliphatic hydroxyl groups is 1. The summed E-state index contributed by atoms with van der Waals surface area (Å²) in [5, 5.41) is 8.59. The van der Waals surface area contributed by atoms with Gasteiger partial charge in [-0.2, -0.15) is 0 Å². The van der Waals surface area contributed by atoms with Crippen LogP contribution in [0.15, 0.2) is 23.1 Å². The number of methoxy groups -OCH3 is 1. The van der Waals surface area contributed by atoms with Gasteiger partial charge in [-0.3, -0.25) is 0 Å². The summed E-state index contributed by atoms with van der Waals surface area (Å²) in [6, 6.07) is 3.32. The molecule has 0 unspecified atom stereocenters. The third-order valence-electron chi connectivity index (χ3n) is 2.03. The molecule has 0 bridgehead atoms. The highest BCUT2D eigenvalue weighted by Crippen LogP contribution is 2.25. The Labute approximate surface area is 93.6 Å². The zero-order valence-corrected chi connectivity index (χ0v) is 9.63. The second-order valence-electron chi connectivity index (χ2n) is 3.19. The lowest BCUT2D eigenvalue weighted by Gasteiger charge is -2.08. The maximum Gasteiger partial charge on any atom is 0.182 e. The molecule has 0 aliphatic heterocycles. The summed E-state index contributed by atoms with van der Waals surface area (Å²) >= 11 is 0. The highest BCUT2D eigenvalue weighted by atomic mass is 32.2. The van der Waals surface area contributed by atoms with Gasteiger partial charge in [0.05, 0.1) is 12.9 Å². The molecule has 0 atom stereocenters. The molecule has 0 radical (unpaired) electrons. The van der Waals surface area contributed by atoms with Crippen LogP contribution in [-0.4, -0.2) is 33.0 Å². The summed E-state index contributed by atoms with van der Waals surface area (Å²) in [6.07, 6.45) is 0.113. The monoisotopic (exact) mass is 248 g/mol. The molecule has 0 aliphatic carbocycles. The van der Waals surface area contributed by atoms with E-state index in [1.807, 2.05) is 0 Å². The van der Waals surface area contributed by atoms with Crippen LogP contribution in [0, 0.1) is 5.82 Å². The Morgan fingerprint density at radius 3 is 2.69 bits per heavy atom. The van der Waals surface area contributed by atoms with Gasteiger partial charge in [0.1, 0.15) is 16.5 Å². The van der Waals surface area contributed by atoms with Crippen molar-refractivity contribution in [1.29, 1.82) is 0 Å². The number of ether oxygens (including phenoxy) is 1. The molecule has 16 heavy (non-hydrogen) atoms. The van der Waals surface area contributed by atoms with Crippen molar-refractivity contribution in [2.24, 2.45) is 0 Å². The van der Waals surface area contributed by atoms with Crippen molar-refractivity contribution in [3.63, 3.8) is 0 Å². The topological polar surface area (TPSA) is 63.6 Å². The molecular formula is C10H13FO4S. The van der Waals surface area contributed by atoms with Crippen LogP contribution in [0.25, 0.3) is 0 Å². The molecular weight excluding hydrogens is 235 g/mol. The second kappa shape index (κ2) is 5.27. The minimum atomic E-state index is -3.61. The van der Waals surface area contributed by atoms with Crippen molar-refractivity contribution in [2.75, 3.05) is 19.5 Å². The van der Waals surface area contributed by atoms with Gasteiger partial charge < -0.3 is 9.84 Å². The predicted molar refractivity (Wildman–Crippen MR) is 56.7 cm³/mol. The van der Waals surface area contributed by atoms with Crippen LogP contribution >= 0.6 is 0 Å². The summed E-state index contributed by atoms with van der Waals surface area (Å²) in [4.78, 5) is -0.177. The molecule has 90 valence electrons. The SMILES string of the molecule is COc1ccc(F)cc1S(=O)(=O)CCCO. The smallest absolute Gasteiger partial charge is 0.182 e. The van der Waals surface area contributed by atoms with Gasteiger partial charge in [0.15, 0.2) is 9.84 Å². The Morgan fingerprint density at radius 2 is 2.12 bits per heavy atom. The number of halogens is 1. The first-order valence-electron chi connectivity index (χ1n) is 4.68. The summed E-state index contributed by atoms with van der Waals surface area (Å²) in [5.41, 5.74) is 0. The molecule has 1 rings (SSSR count). The summed E-state index contributed by atoms with van der Waals surface area (Å²) < 4.78 is 41.4. The van der Waals surface area contributed by atoms with Crippen molar-refractivity contribution in [3.05, 3.63) is 24.0 Å². The Bertz CT molecular complexity index is 456. The van der Waals surface area contributed by atoms with E-state index in [4.69, 9.17) is 9.84 Å². The third kappa shape index (κ3) is 2.93. The Hall–Kier alpha value is -1.14. The molecule has 0 fully saturated rings. The fourth-order valence-corrected chi connectivity index (χ4v) is 2.74. The number of benzene rings is 1. The Kier molecular flexibility index (Phi) is 4.26.